The minimum absolute atomic E-state index is 0.244. The van der Waals surface area contributed by atoms with Gasteiger partial charge in [0.05, 0.1) is 23.9 Å². The number of anilines is 1. The van der Waals surface area contributed by atoms with E-state index in [0.29, 0.717) is 13.0 Å². The molecule has 0 fully saturated rings. The normalized spacial score (nSPS) is 12.2. The molecule has 1 aromatic rings. The van der Waals surface area contributed by atoms with Gasteiger partial charge in [0.2, 0.25) is 0 Å². The third-order valence-corrected chi connectivity index (χ3v) is 2.65. The smallest absolute Gasteiger partial charge is 0.254 e. The van der Waals surface area contributed by atoms with Crippen molar-refractivity contribution in [2.24, 2.45) is 0 Å². The van der Waals surface area contributed by atoms with Gasteiger partial charge in [-0.3, -0.25) is 4.79 Å². The van der Waals surface area contributed by atoms with Gasteiger partial charge in [0, 0.05) is 7.11 Å². The van der Waals surface area contributed by atoms with Crippen LogP contribution in [0.1, 0.15) is 30.1 Å². The van der Waals surface area contributed by atoms with Crippen molar-refractivity contribution in [2.75, 3.05) is 19.5 Å². The molecule has 0 heterocycles. The van der Waals surface area contributed by atoms with Gasteiger partial charge in [0.25, 0.3) is 5.91 Å². The molecular formula is C13H18F2N2O2. The Morgan fingerprint density at radius 2 is 2.16 bits per heavy atom. The van der Waals surface area contributed by atoms with Gasteiger partial charge in [-0.1, -0.05) is 13.3 Å². The van der Waals surface area contributed by atoms with Crippen molar-refractivity contribution < 1.29 is 18.3 Å². The summed E-state index contributed by atoms with van der Waals surface area (Å²) in [5.74, 6) is -2.35. The quantitative estimate of drug-likeness (QED) is 0.779. The van der Waals surface area contributed by atoms with E-state index in [9.17, 15) is 13.6 Å². The first-order chi connectivity index (χ1) is 8.99. The Labute approximate surface area is 110 Å². The molecule has 19 heavy (non-hydrogen) atoms. The van der Waals surface area contributed by atoms with E-state index in [1.807, 2.05) is 6.92 Å². The Morgan fingerprint density at radius 1 is 1.47 bits per heavy atom. The summed E-state index contributed by atoms with van der Waals surface area (Å²) in [6, 6.07) is 1.42. The number of carbonyl (C=O) groups is 1. The number of methoxy groups -OCH3 is 1. The summed E-state index contributed by atoms with van der Waals surface area (Å²) < 4.78 is 31.8. The molecule has 0 saturated carbocycles. The van der Waals surface area contributed by atoms with Gasteiger partial charge in [-0.05, 0) is 18.6 Å². The number of benzene rings is 1. The number of hydrogen-bond acceptors (Lipinski definition) is 3. The molecule has 0 saturated heterocycles. The highest BCUT2D eigenvalue weighted by Crippen LogP contribution is 2.17. The summed E-state index contributed by atoms with van der Waals surface area (Å²) >= 11 is 0. The third kappa shape index (κ3) is 4.17. The summed E-state index contributed by atoms with van der Waals surface area (Å²) in [7, 11) is 1.51. The van der Waals surface area contributed by atoms with E-state index in [0.717, 1.165) is 18.6 Å². The van der Waals surface area contributed by atoms with Crippen molar-refractivity contribution in [1.82, 2.24) is 5.32 Å². The van der Waals surface area contributed by atoms with E-state index in [4.69, 9.17) is 10.5 Å². The predicted octanol–water partition coefficient (Wildman–Crippen LogP) is 2.09. The topological polar surface area (TPSA) is 64.3 Å². The number of hydrogen-bond donors (Lipinski definition) is 2. The molecule has 0 aliphatic carbocycles. The molecule has 0 radical (unpaired) electrons. The van der Waals surface area contributed by atoms with E-state index in [2.05, 4.69) is 5.32 Å². The Kier molecular flexibility index (Phi) is 5.69. The SMILES string of the molecule is CCCC(COC)NC(=O)c1cc(F)cc(N)c1F. The maximum absolute atomic E-state index is 13.7. The molecule has 0 spiro atoms. The number of nitrogen functional groups attached to an aromatic ring is 1. The van der Waals surface area contributed by atoms with Gasteiger partial charge in [0.15, 0.2) is 5.82 Å². The highest BCUT2D eigenvalue weighted by molar-refractivity contribution is 5.95. The fraction of sp³-hybridized carbons (Fsp3) is 0.462. The summed E-state index contributed by atoms with van der Waals surface area (Å²) in [6.45, 7) is 2.27. The first-order valence-corrected chi connectivity index (χ1v) is 6.03. The van der Waals surface area contributed by atoms with Crippen molar-refractivity contribution in [1.29, 1.82) is 0 Å². The summed E-state index contributed by atoms with van der Waals surface area (Å²) in [5, 5.41) is 2.60. The average Bonchev–Trinajstić information content (AvgIpc) is 2.34. The number of amides is 1. The lowest BCUT2D eigenvalue weighted by atomic mass is 10.1. The van der Waals surface area contributed by atoms with Crippen molar-refractivity contribution in [2.45, 2.75) is 25.8 Å². The highest BCUT2D eigenvalue weighted by atomic mass is 19.1. The minimum Gasteiger partial charge on any atom is -0.396 e. The van der Waals surface area contributed by atoms with Crippen molar-refractivity contribution in [3.8, 4) is 0 Å². The monoisotopic (exact) mass is 272 g/mol. The minimum atomic E-state index is -0.911. The van der Waals surface area contributed by atoms with E-state index in [1.165, 1.54) is 7.11 Å². The van der Waals surface area contributed by atoms with Gasteiger partial charge in [-0.2, -0.15) is 0 Å². The molecule has 3 N–H and O–H groups in total. The molecule has 0 aliphatic heterocycles. The second-order valence-electron chi connectivity index (χ2n) is 4.27. The van der Waals surface area contributed by atoms with Gasteiger partial charge in [0.1, 0.15) is 5.82 Å². The van der Waals surface area contributed by atoms with Crippen LogP contribution < -0.4 is 11.1 Å². The number of nitrogens with one attached hydrogen (secondary N) is 1. The molecule has 1 rings (SSSR count). The summed E-state index contributed by atoms with van der Waals surface area (Å²) in [6.07, 6.45) is 1.52. The van der Waals surface area contributed by atoms with Gasteiger partial charge in [-0.15, -0.1) is 0 Å². The Bertz CT molecular complexity index is 447. The number of ether oxygens (including phenoxy) is 1. The molecule has 0 aromatic heterocycles. The third-order valence-electron chi connectivity index (χ3n) is 2.65. The second-order valence-corrected chi connectivity index (χ2v) is 4.27. The summed E-state index contributed by atoms with van der Waals surface area (Å²) in [5.41, 5.74) is 4.51. The largest absolute Gasteiger partial charge is 0.396 e. The first-order valence-electron chi connectivity index (χ1n) is 6.03. The maximum Gasteiger partial charge on any atom is 0.254 e. The molecule has 106 valence electrons. The molecule has 4 nitrogen and oxygen atoms in total. The van der Waals surface area contributed by atoms with Crippen molar-refractivity contribution in [3.05, 3.63) is 29.3 Å². The fourth-order valence-electron chi connectivity index (χ4n) is 1.79. The second kappa shape index (κ2) is 7.04. The zero-order valence-electron chi connectivity index (χ0n) is 11.0. The van der Waals surface area contributed by atoms with E-state index < -0.39 is 23.1 Å². The van der Waals surface area contributed by atoms with Gasteiger partial charge >= 0.3 is 0 Å². The van der Waals surface area contributed by atoms with Crippen molar-refractivity contribution in [3.63, 3.8) is 0 Å². The zero-order valence-corrected chi connectivity index (χ0v) is 11.0. The van der Waals surface area contributed by atoms with Crippen LogP contribution in [-0.2, 0) is 4.74 Å². The van der Waals surface area contributed by atoms with E-state index >= 15 is 0 Å². The van der Waals surface area contributed by atoms with Crippen LogP contribution in [-0.4, -0.2) is 25.7 Å². The van der Waals surface area contributed by atoms with Crippen LogP contribution in [0, 0.1) is 11.6 Å². The van der Waals surface area contributed by atoms with Gasteiger partial charge < -0.3 is 15.8 Å². The predicted molar refractivity (Wildman–Crippen MR) is 68.8 cm³/mol. The first kappa shape index (κ1) is 15.4. The molecule has 1 aromatic carbocycles. The standard InChI is InChI=1S/C13H18F2N2O2/c1-3-4-9(7-19-2)17-13(18)10-5-8(14)6-11(16)12(10)15/h5-6,9H,3-4,7,16H2,1-2H3,(H,17,18). The van der Waals surface area contributed by atoms with Crippen LogP contribution >= 0.6 is 0 Å². The van der Waals surface area contributed by atoms with Crippen LogP contribution in [0.15, 0.2) is 12.1 Å². The number of halogens is 2. The van der Waals surface area contributed by atoms with Crippen LogP contribution in [0.2, 0.25) is 0 Å². The van der Waals surface area contributed by atoms with Crippen LogP contribution in [0.25, 0.3) is 0 Å². The fourth-order valence-corrected chi connectivity index (χ4v) is 1.79. The molecule has 1 unspecified atom stereocenters. The van der Waals surface area contributed by atoms with Crippen molar-refractivity contribution >= 4 is 11.6 Å². The van der Waals surface area contributed by atoms with E-state index in [1.54, 1.807) is 0 Å². The molecule has 6 heteroatoms. The Morgan fingerprint density at radius 3 is 2.74 bits per heavy atom. The lowest BCUT2D eigenvalue weighted by Gasteiger charge is -2.17. The maximum atomic E-state index is 13.7. The summed E-state index contributed by atoms with van der Waals surface area (Å²) in [4.78, 5) is 11.9. The van der Waals surface area contributed by atoms with Crippen LogP contribution in [0.4, 0.5) is 14.5 Å². The molecule has 0 bridgehead atoms. The average molecular weight is 272 g/mol. The molecule has 1 atom stereocenters. The Hall–Kier alpha value is -1.69. The number of nitrogens with two attached hydrogens (primary N) is 1. The molecule has 1 amide bonds. The Balaban J connectivity index is 2.87. The van der Waals surface area contributed by atoms with Crippen LogP contribution in [0.3, 0.4) is 0 Å². The number of carbonyl (C=O) groups excluding carboxylic acids is 1. The molecule has 0 aliphatic rings. The van der Waals surface area contributed by atoms with Crippen LogP contribution in [0.5, 0.6) is 0 Å². The number of rotatable bonds is 6. The lowest BCUT2D eigenvalue weighted by molar-refractivity contribution is 0.0887. The lowest BCUT2D eigenvalue weighted by Crippen LogP contribution is -2.38. The highest BCUT2D eigenvalue weighted by Gasteiger charge is 2.19. The molecular weight excluding hydrogens is 254 g/mol. The van der Waals surface area contributed by atoms with Gasteiger partial charge in [-0.25, -0.2) is 8.78 Å². The zero-order chi connectivity index (χ0) is 14.4. The van der Waals surface area contributed by atoms with E-state index in [-0.39, 0.29) is 11.7 Å².